The number of hydrogen-bond acceptors (Lipinski definition) is 6. The van der Waals surface area contributed by atoms with E-state index in [2.05, 4.69) is 15.5 Å². The van der Waals surface area contributed by atoms with Crippen molar-refractivity contribution < 1.29 is 14.3 Å². The number of thiazole rings is 1. The highest BCUT2D eigenvalue weighted by Gasteiger charge is 2.10. The Morgan fingerprint density at radius 2 is 2.00 bits per heavy atom. The summed E-state index contributed by atoms with van der Waals surface area (Å²) in [6.45, 7) is 0.516. The van der Waals surface area contributed by atoms with E-state index in [0.29, 0.717) is 30.0 Å². The lowest BCUT2D eigenvalue weighted by molar-refractivity contribution is 0.0953. The molecule has 120 valence electrons. The molecule has 0 aliphatic carbocycles. The van der Waals surface area contributed by atoms with Gasteiger partial charge in [-0.25, -0.2) is 0 Å². The van der Waals surface area contributed by atoms with Crippen LogP contribution in [0.5, 0.6) is 11.5 Å². The normalized spacial score (nSPS) is 10.7. The molecule has 1 amide bonds. The fraction of sp³-hybridized carbons (Fsp3) is 0.267. The second-order valence-electron chi connectivity index (χ2n) is 4.82. The first kappa shape index (κ1) is 15.3. The molecule has 0 fully saturated rings. The summed E-state index contributed by atoms with van der Waals surface area (Å²) in [7, 11) is 3.11. The molecule has 3 rings (SSSR count). The number of hydrogen-bond donors (Lipinski definition) is 1. The molecule has 2 aromatic heterocycles. The van der Waals surface area contributed by atoms with Crippen LogP contribution in [0.1, 0.15) is 16.1 Å². The molecule has 0 saturated heterocycles. The van der Waals surface area contributed by atoms with Gasteiger partial charge in [-0.3, -0.25) is 9.20 Å². The van der Waals surface area contributed by atoms with Crippen molar-refractivity contribution >= 4 is 22.2 Å². The Kier molecular flexibility index (Phi) is 4.42. The molecule has 0 radical (unpaired) electrons. The second kappa shape index (κ2) is 6.66. The van der Waals surface area contributed by atoms with Crippen molar-refractivity contribution in [1.29, 1.82) is 0 Å². The van der Waals surface area contributed by atoms with Crippen molar-refractivity contribution in [3.8, 4) is 11.5 Å². The van der Waals surface area contributed by atoms with Crippen LogP contribution < -0.4 is 14.8 Å². The van der Waals surface area contributed by atoms with E-state index in [9.17, 15) is 4.79 Å². The first-order valence-electron chi connectivity index (χ1n) is 6.98. The quantitative estimate of drug-likeness (QED) is 0.744. The molecule has 0 aliphatic rings. The van der Waals surface area contributed by atoms with Crippen LogP contribution >= 0.6 is 11.3 Å². The number of aromatic nitrogens is 3. The van der Waals surface area contributed by atoms with Gasteiger partial charge in [-0.05, 0) is 12.1 Å². The van der Waals surface area contributed by atoms with Gasteiger partial charge in [0.1, 0.15) is 17.8 Å². The number of fused-ring (bicyclic) bond motifs is 1. The molecule has 0 bridgehead atoms. The van der Waals surface area contributed by atoms with Gasteiger partial charge in [0.05, 0.1) is 14.2 Å². The van der Waals surface area contributed by atoms with Crippen LogP contribution in [0.25, 0.3) is 4.96 Å². The number of benzene rings is 1. The molecule has 7 nitrogen and oxygen atoms in total. The van der Waals surface area contributed by atoms with Crippen LogP contribution in [-0.4, -0.2) is 41.3 Å². The minimum atomic E-state index is -0.169. The number of methoxy groups -OCH3 is 2. The third kappa shape index (κ3) is 3.26. The average molecular weight is 332 g/mol. The second-order valence-corrected chi connectivity index (χ2v) is 5.65. The maximum atomic E-state index is 12.3. The van der Waals surface area contributed by atoms with E-state index in [1.807, 2.05) is 9.78 Å². The Bertz CT molecular complexity index is 805. The molecule has 23 heavy (non-hydrogen) atoms. The smallest absolute Gasteiger partial charge is 0.251 e. The van der Waals surface area contributed by atoms with Gasteiger partial charge < -0.3 is 14.8 Å². The Balaban J connectivity index is 1.64. The van der Waals surface area contributed by atoms with Gasteiger partial charge in [-0.2, -0.15) is 0 Å². The fourth-order valence-electron chi connectivity index (χ4n) is 2.20. The van der Waals surface area contributed by atoms with Gasteiger partial charge in [-0.15, -0.1) is 21.5 Å². The number of carbonyl (C=O) groups excluding carboxylic acids is 1. The van der Waals surface area contributed by atoms with Crippen LogP contribution in [0.4, 0.5) is 0 Å². The largest absolute Gasteiger partial charge is 0.497 e. The van der Waals surface area contributed by atoms with E-state index in [4.69, 9.17) is 9.47 Å². The van der Waals surface area contributed by atoms with Crippen molar-refractivity contribution in [2.45, 2.75) is 6.42 Å². The first-order valence-corrected chi connectivity index (χ1v) is 7.86. The highest BCUT2D eigenvalue weighted by atomic mass is 32.1. The maximum absolute atomic E-state index is 12.3. The van der Waals surface area contributed by atoms with E-state index < -0.39 is 0 Å². The summed E-state index contributed by atoms with van der Waals surface area (Å²) in [4.78, 5) is 13.1. The van der Waals surface area contributed by atoms with Crippen molar-refractivity contribution in [1.82, 2.24) is 19.9 Å². The molecular formula is C15H16N4O3S. The van der Waals surface area contributed by atoms with Crippen molar-refractivity contribution in [3.63, 3.8) is 0 Å². The SMILES string of the molecule is COc1cc(OC)cc(C(=O)NCCc2csc3nncn23)c1. The van der Waals surface area contributed by atoms with Crippen LogP contribution in [-0.2, 0) is 6.42 Å². The molecule has 2 heterocycles. The third-order valence-corrected chi connectivity index (χ3v) is 4.29. The Morgan fingerprint density at radius 1 is 1.26 bits per heavy atom. The van der Waals surface area contributed by atoms with Gasteiger partial charge in [-0.1, -0.05) is 0 Å². The molecule has 3 aromatic rings. The summed E-state index contributed by atoms with van der Waals surface area (Å²) < 4.78 is 12.3. The minimum absolute atomic E-state index is 0.169. The van der Waals surface area contributed by atoms with Crippen LogP contribution in [0.15, 0.2) is 29.9 Å². The molecule has 0 unspecified atom stereocenters. The Labute approximate surface area is 136 Å². The number of nitrogens with one attached hydrogen (secondary N) is 1. The summed E-state index contributed by atoms with van der Waals surface area (Å²) in [6.07, 6.45) is 2.38. The third-order valence-electron chi connectivity index (χ3n) is 3.41. The first-order chi connectivity index (χ1) is 11.2. The lowest BCUT2D eigenvalue weighted by Crippen LogP contribution is -2.26. The topological polar surface area (TPSA) is 77.8 Å². The van der Waals surface area contributed by atoms with Crippen LogP contribution in [0.3, 0.4) is 0 Å². The van der Waals surface area contributed by atoms with Crippen molar-refractivity contribution in [2.75, 3.05) is 20.8 Å². The fourth-order valence-corrected chi connectivity index (χ4v) is 3.05. The van der Waals surface area contributed by atoms with E-state index in [1.165, 1.54) is 11.3 Å². The Morgan fingerprint density at radius 3 is 2.70 bits per heavy atom. The molecule has 0 aliphatic heterocycles. The number of nitrogens with zero attached hydrogens (tertiary/aromatic N) is 3. The number of amides is 1. The zero-order valence-electron chi connectivity index (χ0n) is 12.8. The predicted octanol–water partition coefficient (Wildman–Crippen LogP) is 1.78. The number of rotatable bonds is 6. The molecule has 8 heteroatoms. The minimum Gasteiger partial charge on any atom is -0.497 e. The summed E-state index contributed by atoms with van der Waals surface area (Å²) in [6, 6.07) is 5.09. The van der Waals surface area contributed by atoms with Crippen LogP contribution in [0, 0.1) is 0 Å². The molecule has 0 saturated carbocycles. The highest BCUT2D eigenvalue weighted by molar-refractivity contribution is 7.15. The van der Waals surface area contributed by atoms with Gasteiger partial charge in [0.2, 0.25) is 4.96 Å². The van der Waals surface area contributed by atoms with Gasteiger partial charge >= 0.3 is 0 Å². The van der Waals surface area contributed by atoms with Crippen LogP contribution in [0.2, 0.25) is 0 Å². The van der Waals surface area contributed by atoms with E-state index >= 15 is 0 Å². The zero-order valence-corrected chi connectivity index (χ0v) is 13.6. The number of ether oxygens (including phenoxy) is 2. The highest BCUT2D eigenvalue weighted by Crippen LogP contribution is 2.22. The molecule has 1 aromatic carbocycles. The van der Waals surface area contributed by atoms with E-state index in [0.717, 1.165) is 10.7 Å². The Hall–Kier alpha value is -2.61. The summed E-state index contributed by atoms with van der Waals surface area (Å²) in [5.74, 6) is 0.995. The van der Waals surface area contributed by atoms with Gasteiger partial charge in [0, 0.05) is 35.7 Å². The van der Waals surface area contributed by atoms with Gasteiger partial charge in [0.25, 0.3) is 5.91 Å². The maximum Gasteiger partial charge on any atom is 0.251 e. The molecule has 1 N–H and O–H groups in total. The molecule has 0 atom stereocenters. The van der Waals surface area contributed by atoms with Gasteiger partial charge in [0.15, 0.2) is 0 Å². The van der Waals surface area contributed by atoms with Crippen molar-refractivity contribution in [2.24, 2.45) is 0 Å². The summed E-state index contributed by atoms with van der Waals surface area (Å²) in [5, 5.41) is 12.8. The summed E-state index contributed by atoms with van der Waals surface area (Å²) >= 11 is 1.53. The molecule has 0 spiro atoms. The standard InChI is InChI=1S/C15H16N4O3S/c1-21-12-5-10(6-13(7-12)22-2)14(20)16-4-3-11-8-23-15-18-17-9-19(11)15/h5-9H,3-4H2,1-2H3,(H,16,20). The number of carbonyl (C=O) groups is 1. The zero-order chi connectivity index (χ0) is 16.2. The summed E-state index contributed by atoms with van der Waals surface area (Å²) in [5.41, 5.74) is 1.57. The average Bonchev–Trinajstić information content (AvgIpc) is 3.18. The van der Waals surface area contributed by atoms with E-state index in [-0.39, 0.29) is 5.91 Å². The van der Waals surface area contributed by atoms with E-state index in [1.54, 1.807) is 38.7 Å². The lowest BCUT2D eigenvalue weighted by Gasteiger charge is -2.09. The molecular weight excluding hydrogens is 316 g/mol. The predicted molar refractivity (Wildman–Crippen MR) is 86.4 cm³/mol. The lowest BCUT2D eigenvalue weighted by atomic mass is 10.2. The monoisotopic (exact) mass is 332 g/mol. The van der Waals surface area contributed by atoms with Crippen molar-refractivity contribution in [3.05, 3.63) is 41.2 Å².